The van der Waals surface area contributed by atoms with Gasteiger partial charge in [0.2, 0.25) is 5.78 Å². The summed E-state index contributed by atoms with van der Waals surface area (Å²) in [6.07, 6.45) is 9.69. The molecule has 1 heterocycles. The first-order valence-corrected chi connectivity index (χ1v) is 9.57. The quantitative estimate of drug-likeness (QED) is 0.454. The van der Waals surface area contributed by atoms with E-state index < -0.39 is 0 Å². The molecular weight excluding hydrogens is 302 g/mol. The minimum absolute atomic E-state index is 0.164. The summed E-state index contributed by atoms with van der Waals surface area (Å²) >= 11 is 1.52. The van der Waals surface area contributed by atoms with Crippen molar-refractivity contribution in [1.82, 2.24) is 0 Å². The molecule has 0 bridgehead atoms. The predicted octanol–water partition coefficient (Wildman–Crippen LogP) is 5.21. The average Bonchev–Trinajstić information content (AvgIpc) is 3.11. The summed E-state index contributed by atoms with van der Waals surface area (Å²) in [6.45, 7) is 0.815. The molecule has 3 heteroatoms. The van der Waals surface area contributed by atoms with Gasteiger partial charge in [0, 0.05) is 5.56 Å². The van der Waals surface area contributed by atoms with E-state index in [9.17, 15) is 4.79 Å². The zero-order valence-corrected chi connectivity index (χ0v) is 14.6. The van der Waals surface area contributed by atoms with Crippen molar-refractivity contribution >= 4 is 17.1 Å². The smallest absolute Gasteiger partial charge is 0.203 e. The van der Waals surface area contributed by atoms with Crippen LogP contribution >= 0.6 is 11.3 Å². The van der Waals surface area contributed by atoms with E-state index in [-0.39, 0.29) is 5.78 Å². The highest BCUT2D eigenvalue weighted by molar-refractivity contribution is 7.12. The number of benzene rings is 1. The Labute approximate surface area is 143 Å². The number of thiophene rings is 1. The van der Waals surface area contributed by atoms with Crippen LogP contribution in [0, 0.1) is 0 Å². The van der Waals surface area contributed by atoms with Crippen LogP contribution in [-0.2, 0) is 6.42 Å². The molecule has 2 nitrogen and oxygen atoms in total. The van der Waals surface area contributed by atoms with Crippen LogP contribution in [0.25, 0.3) is 0 Å². The molecule has 23 heavy (non-hydrogen) atoms. The second-order valence-corrected chi connectivity index (χ2v) is 6.92. The fourth-order valence-electron chi connectivity index (χ4n) is 2.84. The first-order chi connectivity index (χ1) is 11.3. The monoisotopic (exact) mass is 329 g/mol. The van der Waals surface area contributed by atoms with Crippen molar-refractivity contribution in [2.75, 3.05) is 6.54 Å². The van der Waals surface area contributed by atoms with Crippen molar-refractivity contribution in [3.8, 4) is 0 Å². The van der Waals surface area contributed by atoms with Crippen molar-refractivity contribution < 1.29 is 4.79 Å². The van der Waals surface area contributed by atoms with Crippen LogP contribution < -0.4 is 5.73 Å². The lowest BCUT2D eigenvalue weighted by Crippen LogP contribution is -2.03. The van der Waals surface area contributed by atoms with Gasteiger partial charge in [0.15, 0.2) is 0 Å². The van der Waals surface area contributed by atoms with E-state index >= 15 is 0 Å². The van der Waals surface area contributed by atoms with Gasteiger partial charge in [0.1, 0.15) is 0 Å². The molecule has 0 aliphatic carbocycles. The van der Waals surface area contributed by atoms with E-state index in [0.717, 1.165) is 36.2 Å². The van der Waals surface area contributed by atoms with Gasteiger partial charge < -0.3 is 5.73 Å². The van der Waals surface area contributed by atoms with E-state index in [1.54, 1.807) is 0 Å². The summed E-state index contributed by atoms with van der Waals surface area (Å²) in [5.41, 5.74) is 7.56. The van der Waals surface area contributed by atoms with Gasteiger partial charge in [-0.25, -0.2) is 0 Å². The van der Waals surface area contributed by atoms with Gasteiger partial charge in [0.05, 0.1) is 4.88 Å². The maximum Gasteiger partial charge on any atom is 0.203 e. The molecule has 0 aliphatic heterocycles. The summed E-state index contributed by atoms with van der Waals surface area (Å²) in [5, 5.41) is 1.96. The van der Waals surface area contributed by atoms with Gasteiger partial charge in [-0.2, -0.15) is 0 Å². The number of aryl methyl sites for hydroxylation is 1. The Morgan fingerprint density at radius 1 is 0.870 bits per heavy atom. The lowest BCUT2D eigenvalue weighted by molar-refractivity contribution is 0.104. The van der Waals surface area contributed by atoms with E-state index in [0.29, 0.717) is 0 Å². The summed E-state index contributed by atoms with van der Waals surface area (Å²) in [7, 11) is 0. The topological polar surface area (TPSA) is 43.1 Å². The predicted molar refractivity (Wildman–Crippen MR) is 99.3 cm³/mol. The first kappa shape index (κ1) is 17.9. The van der Waals surface area contributed by atoms with Crippen LogP contribution in [0.3, 0.4) is 0 Å². The highest BCUT2D eigenvalue weighted by Crippen LogP contribution is 2.20. The Bertz CT molecular complexity index is 577. The Morgan fingerprint density at radius 2 is 1.57 bits per heavy atom. The summed E-state index contributed by atoms with van der Waals surface area (Å²) < 4.78 is 0. The average molecular weight is 330 g/mol. The Hall–Kier alpha value is -1.45. The summed E-state index contributed by atoms with van der Waals surface area (Å²) in [6, 6.07) is 11.9. The van der Waals surface area contributed by atoms with Gasteiger partial charge in [-0.3, -0.25) is 4.79 Å². The van der Waals surface area contributed by atoms with Gasteiger partial charge in [-0.15, -0.1) is 11.3 Å². The van der Waals surface area contributed by atoms with Crippen molar-refractivity contribution in [2.45, 2.75) is 51.4 Å². The van der Waals surface area contributed by atoms with Crippen LogP contribution in [0.15, 0.2) is 41.8 Å². The molecule has 1 aromatic carbocycles. The van der Waals surface area contributed by atoms with Crippen LogP contribution in [0.1, 0.15) is 65.7 Å². The number of nitrogens with two attached hydrogens (primary N) is 1. The molecule has 0 atom stereocenters. The fraction of sp³-hybridized carbons (Fsp3) is 0.450. The molecule has 0 unspecified atom stereocenters. The van der Waals surface area contributed by atoms with Gasteiger partial charge in [-0.05, 0) is 42.8 Å². The molecule has 124 valence electrons. The molecule has 0 radical (unpaired) electrons. The van der Waals surface area contributed by atoms with Crippen LogP contribution in [-0.4, -0.2) is 12.3 Å². The number of ketones is 1. The zero-order chi connectivity index (χ0) is 16.3. The molecule has 2 N–H and O–H groups in total. The van der Waals surface area contributed by atoms with Crippen molar-refractivity contribution in [3.63, 3.8) is 0 Å². The molecule has 0 aliphatic rings. The number of carbonyl (C=O) groups excluding carboxylic acids is 1. The highest BCUT2D eigenvalue weighted by Gasteiger charge is 2.13. The number of hydrogen-bond acceptors (Lipinski definition) is 3. The van der Waals surface area contributed by atoms with Crippen LogP contribution in [0.5, 0.6) is 0 Å². The van der Waals surface area contributed by atoms with Gasteiger partial charge in [-0.1, -0.05) is 62.4 Å². The second kappa shape index (κ2) is 10.3. The Morgan fingerprint density at radius 3 is 2.26 bits per heavy atom. The molecule has 2 aromatic rings. The first-order valence-electron chi connectivity index (χ1n) is 8.69. The van der Waals surface area contributed by atoms with Gasteiger partial charge >= 0.3 is 0 Å². The molecule has 0 spiro atoms. The van der Waals surface area contributed by atoms with Crippen molar-refractivity contribution in [3.05, 3.63) is 57.8 Å². The SMILES string of the molecule is NCCCCCCCCCc1ccccc1C(=O)c1cccs1. The maximum absolute atomic E-state index is 12.6. The van der Waals surface area contributed by atoms with Crippen molar-refractivity contribution in [2.24, 2.45) is 5.73 Å². The number of hydrogen-bond donors (Lipinski definition) is 1. The molecule has 0 saturated heterocycles. The van der Waals surface area contributed by atoms with Gasteiger partial charge in [0.25, 0.3) is 0 Å². The highest BCUT2D eigenvalue weighted by atomic mass is 32.1. The third-order valence-corrected chi connectivity index (χ3v) is 5.03. The van der Waals surface area contributed by atoms with Crippen LogP contribution in [0.4, 0.5) is 0 Å². The Kier molecular flexibility index (Phi) is 8.05. The second-order valence-electron chi connectivity index (χ2n) is 5.98. The largest absolute Gasteiger partial charge is 0.330 e. The normalized spacial score (nSPS) is 10.8. The third kappa shape index (κ3) is 5.92. The molecule has 1 aromatic heterocycles. The van der Waals surface area contributed by atoms with E-state index in [2.05, 4.69) is 6.07 Å². The minimum Gasteiger partial charge on any atom is -0.330 e. The number of rotatable bonds is 11. The molecule has 0 fully saturated rings. The Balaban J connectivity index is 1.78. The standard InChI is InChI=1S/C20H27NOS/c21-15-9-5-3-1-2-4-6-11-17-12-7-8-13-18(17)20(22)19-14-10-16-23-19/h7-8,10,12-14,16H,1-6,9,11,15,21H2. The third-order valence-electron chi connectivity index (χ3n) is 4.16. The molecule has 0 saturated carbocycles. The molecule has 0 amide bonds. The maximum atomic E-state index is 12.6. The van der Waals surface area contributed by atoms with Crippen LogP contribution in [0.2, 0.25) is 0 Å². The lowest BCUT2D eigenvalue weighted by atomic mass is 9.97. The fourth-order valence-corrected chi connectivity index (χ4v) is 3.52. The van der Waals surface area contributed by atoms with E-state index in [1.165, 1.54) is 49.0 Å². The van der Waals surface area contributed by atoms with Crippen molar-refractivity contribution in [1.29, 1.82) is 0 Å². The van der Waals surface area contributed by atoms with E-state index in [4.69, 9.17) is 5.73 Å². The van der Waals surface area contributed by atoms with E-state index in [1.807, 2.05) is 35.7 Å². The number of carbonyl (C=O) groups is 1. The lowest BCUT2D eigenvalue weighted by Gasteiger charge is -2.08. The molecule has 2 rings (SSSR count). The zero-order valence-electron chi connectivity index (χ0n) is 13.8. The summed E-state index contributed by atoms with van der Waals surface area (Å²) in [5.74, 6) is 0.164. The minimum atomic E-state index is 0.164. The molecular formula is C20H27NOS. The summed E-state index contributed by atoms with van der Waals surface area (Å²) in [4.78, 5) is 13.4. The number of unbranched alkanes of at least 4 members (excludes halogenated alkanes) is 6.